The molecule has 2 fully saturated rings. The molecule has 116 valence electrons. The minimum absolute atomic E-state index is 0.170. The van der Waals surface area contributed by atoms with E-state index < -0.39 is 0 Å². The van der Waals surface area contributed by atoms with Gasteiger partial charge in [0.25, 0.3) is 0 Å². The number of phenols is 1. The molecule has 5 heteroatoms. The number of halogens is 2. The standard InChI is InChI=1S/C16H22Cl2N2O/c1-19-5-2-3-11-9-20(6-4-15(11)19)10-12-7-13(17)8-14(18)16(12)21/h7-8,11,15,21H,2-6,9-10H2,1H3. The van der Waals surface area contributed by atoms with Crippen molar-refractivity contribution in [3.05, 3.63) is 27.7 Å². The minimum Gasteiger partial charge on any atom is -0.506 e. The molecule has 2 aliphatic heterocycles. The summed E-state index contributed by atoms with van der Waals surface area (Å²) >= 11 is 12.1. The summed E-state index contributed by atoms with van der Waals surface area (Å²) in [6, 6.07) is 4.14. The van der Waals surface area contributed by atoms with Gasteiger partial charge in [0.05, 0.1) is 5.02 Å². The predicted octanol–water partition coefficient (Wildman–Crippen LogP) is 3.62. The third-order valence-corrected chi connectivity index (χ3v) is 5.44. The fourth-order valence-corrected chi connectivity index (χ4v) is 4.39. The van der Waals surface area contributed by atoms with E-state index >= 15 is 0 Å². The van der Waals surface area contributed by atoms with Gasteiger partial charge in [0.15, 0.2) is 0 Å². The molecule has 0 aromatic heterocycles. The summed E-state index contributed by atoms with van der Waals surface area (Å²) in [5.41, 5.74) is 0.829. The number of nitrogens with zero attached hydrogens (tertiary/aromatic N) is 2. The lowest BCUT2D eigenvalue weighted by atomic mass is 9.84. The van der Waals surface area contributed by atoms with Crippen molar-refractivity contribution in [2.24, 2.45) is 5.92 Å². The number of benzene rings is 1. The minimum atomic E-state index is 0.170. The average Bonchev–Trinajstić information content (AvgIpc) is 2.44. The largest absolute Gasteiger partial charge is 0.506 e. The molecule has 2 saturated heterocycles. The molecule has 1 aromatic carbocycles. The van der Waals surface area contributed by atoms with E-state index in [4.69, 9.17) is 23.2 Å². The van der Waals surface area contributed by atoms with Crippen molar-refractivity contribution in [1.82, 2.24) is 9.80 Å². The second-order valence-electron chi connectivity index (χ2n) is 6.37. The second-order valence-corrected chi connectivity index (χ2v) is 7.21. The summed E-state index contributed by atoms with van der Waals surface area (Å²) in [5, 5.41) is 11.0. The number of hydrogen-bond acceptors (Lipinski definition) is 3. The highest BCUT2D eigenvalue weighted by atomic mass is 35.5. The summed E-state index contributed by atoms with van der Waals surface area (Å²) < 4.78 is 0. The van der Waals surface area contributed by atoms with Crippen LogP contribution in [0, 0.1) is 5.92 Å². The Morgan fingerprint density at radius 1 is 1.24 bits per heavy atom. The van der Waals surface area contributed by atoms with Gasteiger partial charge in [-0.15, -0.1) is 0 Å². The van der Waals surface area contributed by atoms with Gasteiger partial charge in [-0.1, -0.05) is 23.2 Å². The van der Waals surface area contributed by atoms with Crippen LogP contribution in [0.4, 0.5) is 0 Å². The molecule has 21 heavy (non-hydrogen) atoms. The van der Waals surface area contributed by atoms with Crippen molar-refractivity contribution in [2.45, 2.75) is 31.8 Å². The SMILES string of the molecule is CN1CCCC2CN(Cc3cc(Cl)cc(Cl)c3O)CCC21. The highest BCUT2D eigenvalue weighted by Gasteiger charge is 2.34. The zero-order valence-corrected chi connectivity index (χ0v) is 13.9. The molecule has 3 nitrogen and oxygen atoms in total. The highest BCUT2D eigenvalue weighted by molar-refractivity contribution is 6.35. The fourth-order valence-electron chi connectivity index (χ4n) is 3.85. The van der Waals surface area contributed by atoms with Gasteiger partial charge in [0, 0.05) is 29.7 Å². The number of hydrogen-bond donors (Lipinski definition) is 1. The fraction of sp³-hybridized carbons (Fsp3) is 0.625. The third-order valence-electron chi connectivity index (χ3n) is 4.93. The molecule has 0 bridgehead atoms. The van der Waals surface area contributed by atoms with Crippen molar-refractivity contribution in [1.29, 1.82) is 0 Å². The van der Waals surface area contributed by atoms with Crippen molar-refractivity contribution in [2.75, 3.05) is 26.7 Å². The second kappa shape index (κ2) is 6.33. The first-order valence-electron chi connectivity index (χ1n) is 7.64. The Kier molecular flexibility index (Phi) is 4.65. The lowest BCUT2D eigenvalue weighted by Crippen LogP contribution is -2.52. The van der Waals surface area contributed by atoms with Gasteiger partial charge in [-0.2, -0.15) is 0 Å². The number of likely N-dealkylation sites (tertiary alicyclic amines) is 2. The smallest absolute Gasteiger partial charge is 0.138 e. The van der Waals surface area contributed by atoms with Gasteiger partial charge in [-0.25, -0.2) is 0 Å². The first-order chi connectivity index (χ1) is 10.0. The Labute approximate surface area is 136 Å². The van der Waals surface area contributed by atoms with Gasteiger partial charge in [0.1, 0.15) is 5.75 Å². The summed E-state index contributed by atoms with van der Waals surface area (Å²) in [7, 11) is 2.25. The lowest BCUT2D eigenvalue weighted by molar-refractivity contribution is 0.0352. The van der Waals surface area contributed by atoms with Crippen LogP contribution in [0.3, 0.4) is 0 Å². The van der Waals surface area contributed by atoms with Crippen LogP contribution in [0.25, 0.3) is 0 Å². The number of fused-ring (bicyclic) bond motifs is 1. The zero-order chi connectivity index (χ0) is 15.0. The summed E-state index contributed by atoms with van der Waals surface area (Å²) in [6.07, 6.45) is 3.81. The Hall–Kier alpha value is -0.480. The van der Waals surface area contributed by atoms with Crippen LogP contribution in [-0.4, -0.2) is 47.6 Å². The lowest BCUT2D eigenvalue weighted by Gasteiger charge is -2.46. The van der Waals surface area contributed by atoms with Crippen LogP contribution in [0.15, 0.2) is 12.1 Å². The maximum Gasteiger partial charge on any atom is 0.138 e. The molecule has 0 saturated carbocycles. The molecule has 0 spiro atoms. The van der Waals surface area contributed by atoms with E-state index in [0.717, 1.165) is 37.2 Å². The van der Waals surface area contributed by atoms with E-state index in [2.05, 4.69) is 16.8 Å². The number of aromatic hydroxyl groups is 1. The van der Waals surface area contributed by atoms with Crippen molar-refractivity contribution in [3.8, 4) is 5.75 Å². The molecular formula is C16H22Cl2N2O. The number of piperidine rings is 2. The molecule has 0 aliphatic carbocycles. The normalized spacial score (nSPS) is 27.6. The van der Waals surface area contributed by atoms with E-state index in [1.54, 1.807) is 6.07 Å². The molecule has 1 N–H and O–H groups in total. The maximum absolute atomic E-state index is 10.1. The highest BCUT2D eigenvalue weighted by Crippen LogP contribution is 2.34. The van der Waals surface area contributed by atoms with Crippen molar-refractivity contribution < 1.29 is 5.11 Å². The molecule has 2 unspecified atom stereocenters. The monoisotopic (exact) mass is 328 g/mol. The van der Waals surface area contributed by atoms with Crippen LogP contribution >= 0.6 is 23.2 Å². The number of phenolic OH excluding ortho intramolecular Hbond substituents is 1. The predicted molar refractivity (Wildman–Crippen MR) is 87.2 cm³/mol. The van der Waals surface area contributed by atoms with Crippen LogP contribution in [0.5, 0.6) is 5.75 Å². The molecule has 2 aliphatic rings. The van der Waals surface area contributed by atoms with E-state index in [0.29, 0.717) is 10.0 Å². The Morgan fingerprint density at radius 3 is 2.86 bits per heavy atom. The Balaban J connectivity index is 1.69. The third kappa shape index (κ3) is 3.31. The Bertz CT molecular complexity index is 523. The van der Waals surface area contributed by atoms with Gasteiger partial charge in [0.2, 0.25) is 0 Å². The first-order valence-corrected chi connectivity index (χ1v) is 8.39. The van der Waals surface area contributed by atoms with Crippen LogP contribution in [0.2, 0.25) is 10.0 Å². The summed E-state index contributed by atoms with van der Waals surface area (Å²) in [6.45, 7) is 4.11. The molecule has 2 atom stereocenters. The molecule has 0 amide bonds. The molecule has 1 aromatic rings. The van der Waals surface area contributed by atoms with E-state index in [-0.39, 0.29) is 5.75 Å². The number of rotatable bonds is 2. The van der Waals surface area contributed by atoms with Crippen LogP contribution < -0.4 is 0 Å². The van der Waals surface area contributed by atoms with E-state index in [1.165, 1.54) is 25.8 Å². The van der Waals surface area contributed by atoms with Gasteiger partial charge in [-0.05, 0) is 57.5 Å². The van der Waals surface area contributed by atoms with Gasteiger partial charge < -0.3 is 10.0 Å². The first kappa shape index (κ1) is 15.4. The van der Waals surface area contributed by atoms with Crippen molar-refractivity contribution in [3.63, 3.8) is 0 Å². The van der Waals surface area contributed by atoms with Crippen molar-refractivity contribution >= 4 is 23.2 Å². The van der Waals surface area contributed by atoms with Crippen LogP contribution in [0.1, 0.15) is 24.8 Å². The average molecular weight is 329 g/mol. The molecule has 2 heterocycles. The zero-order valence-electron chi connectivity index (χ0n) is 12.4. The van der Waals surface area contributed by atoms with Crippen LogP contribution in [-0.2, 0) is 6.54 Å². The maximum atomic E-state index is 10.1. The van der Waals surface area contributed by atoms with E-state index in [1.807, 2.05) is 6.07 Å². The summed E-state index contributed by atoms with van der Waals surface area (Å²) in [4.78, 5) is 4.93. The molecule has 3 rings (SSSR count). The van der Waals surface area contributed by atoms with Gasteiger partial charge in [-0.3, -0.25) is 4.90 Å². The Morgan fingerprint density at radius 2 is 2.05 bits per heavy atom. The summed E-state index contributed by atoms with van der Waals surface area (Å²) in [5.74, 6) is 0.915. The topological polar surface area (TPSA) is 26.7 Å². The quantitative estimate of drug-likeness (QED) is 0.898. The molecular weight excluding hydrogens is 307 g/mol. The molecule has 0 radical (unpaired) electrons. The van der Waals surface area contributed by atoms with Gasteiger partial charge >= 0.3 is 0 Å². The van der Waals surface area contributed by atoms with E-state index in [9.17, 15) is 5.11 Å².